The third-order valence-corrected chi connectivity index (χ3v) is 4.57. The Kier molecular flexibility index (Phi) is 4.52. The molecule has 1 heterocycles. The van der Waals surface area contributed by atoms with Gasteiger partial charge in [0.05, 0.1) is 10.0 Å². The van der Waals surface area contributed by atoms with Crippen LogP contribution < -0.4 is 5.73 Å². The molecule has 2 nitrogen and oxygen atoms in total. The van der Waals surface area contributed by atoms with Crippen LogP contribution in [0.2, 0.25) is 10.0 Å². The van der Waals surface area contributed by atoms with Gasteiger partial charge < -0.3 is 5.73 Å². The smallest absolute Gasteiger partial charge is 0.143 e. The van der Waals surface area contributed by atoms with Crippen molar-refractivity contribution in [1.82, 2.24) is 4.98 Å². The van der Waals surface area contributed by atoms with Crippen molar-refractivity contribution in [3.8, 4) is 0 Å². The second kappa shape index (κ2) is 5.84. The van der Waals surface area contributed by atoms with E-state index < -0.39 is 0 Å². The zero-order valence-electron chi connectivity index (χ0n) is 11.6. The summed E-state index contributed by atoms with van der Waals surface area (Å²) in [5, 5.41) is 1.55. The highest BCUT2D eigenvalue weighted by molar-refractivity contribution is 7.99. The molecule has 0 radical (unpaired) electrons. The average molecular weight is 327 g/mol. The highest BCUT2D eigenvalue weighted by Crippen LogP contribution is 2.35. The molecule has 2 N–H and O–H groups in total. The van der Waals surface area contributed by atoms with Crippen molar-refractivity contribution in [2.75, 3.05) is 5.73 Å². The van der Waals surface area contributed by atoms with Gasteiger partial charge in [-0.3, -0.25) is 0 Å². The van der Waals surface area contributed by atoms with E-state index >= 15 is 0 Å². The standard InChI is InChI=1S/C15H16Cl2N2S/c1-15(2,3)9-4-6-10(7-5-9)20-14-12(17)8-11(16)13(18)19-14/h4-8H,1-3H3,(H2,18,19). The van der Waals surface area contributed by atoms with Crippen LogP contribution in [0.4, 0.5) is 5.82 Å². The molecule has 20 heavy (non-hydrogen) atoms. The summed E-state index contributed by atoms with van der Waals surface area (Å²) in [6.45, 7) is 6.56. The van der Waals surface area contributed by atoms with Gasteiger partial charge in [-0.25, -0.2) is 4.98 Å². The molecule has 1 aromatic carbocycles. The number of nitrogen functional groups attached to an aromatic ring is 1. The number of hydrogen-bond donors (Lipinski definition) is 1. The third kappa shape index (κ3) is 3.60. The molecule has 0 amide bonds. The molecule has 0 spiro atoms. The summed E-state index contributed by atoms with van der Waals surface area (Å²) < 4.78 is 0. The molecule has 0 aliphatic heterocycles. The summed E-state index contributed by atoms with van der Waals surface area (Å²) in [7, 11) is 0. The van der Waals surface area contributed by atoms with Gasteiger partial charge in [0.1, 0.15) is 10.8 Å². The molecule has 0 aliphatic carbocycles. The quantitative estimate of drug-likeness (QED) is 0.800. The van der Waals surface area contributed by atoms with Crippen LogP contribution >= 0.6 is 35.0 Å². The Labute approximate surface area is 133 Å². The Morgan fingerprint density at radius 1 is 1.05 bits per heavy atom. The maximum absolute atomic E-state index is 6.13. The highest BCUT2D eigenvalue weighted by atomic mass is 35.5. The zero-order chi connectivity index (χ0) is 14.9. The number of nitrogens with two attached hydrogens (primary N) is 1. The fourth-order valence-electron chi connectivity index (χ4n) is 1.67. The predicted molar refractivity (Wildman–Crippen MR) is 87.9 cm³/mol. The lowest BCUT2D eigenvalue weighted by Gasteiger charge is -2.19. The molecular weight excluding hydrogens is 311 g/mol. The van der Waals surface area contributed by atoms with Crippen LogP contribution in [0.25, 0.3) is 0 Å². The second-order valence-electron chi connectivity index (χ2n) is 5.52. The van der Waals surface area contributed by atoms with Gasteiger partial charge in [0.25, 0.3) is 0 Å². The molecule has 0 unspecified atom stereocenters. The minimum absolute atomic E-state index is 0.143. The fraction of sp³-hybridized carbons (Fsp3) is 0.267. The first-order chi connectivity index (χ1) is 9.27. The third-order valence-electron chi connectivity index (χ3n) is 2.86. The second-order valence-corrected chi connectivity index (χ2v) is 7.40. The van der Waals surface area contributed by atoms with Crippen molar-refractivity contribution in [3.63, 3.8) is 0 Å². The maximum Gasteiger partial charge on any atom is 0.143 e. The molecular formula is C15H16Cl2N2S. The Hall–Kier alpha value is -0.900. The SMILES string of the molecule is CC(C)(C)c1ccc(Sc2nc(N)c(Cl)cc2Cl)cc1. The van der Waals surface area contributed by atoms with Crippen LogP contribution in [-0.4, -0.2) is 4.98 Å². The van der Waals surface area contributed by atoms with E-state index in [2.05, 4.69) is 50.0 Å². The summed E-state index contributed by atoms with van der Waals surface area (Å²) in [4.78, 5) is 5.28. The Morgan fingerprint density at radius 2 is 1.65 bits per heavy atom. The first-order valence-electron chi connectivity index (χ1n) is 6.17. The Morgan fingerprint density at radius 3 is 2.20 bits per heavy atom. The number of nitrogens with zero attached hydrogens (tertiary/aromatic N) is 1. The van der Waals surface area contributed by atoms with Gasteiger partial charge >= 0.3 is 0 Å². The number of hydrogen-bond acceptors (Lipinski definition) is 3. The molecule has 2 rings (SSSR count). The van der Waals surface area contributed by atoms with Crippen molar-refractivity contribution in [2.45, 2.75) is 36.1 Å². The molecule has 106 valence electrons. The molecule has 0 saturated carbocycles. The summed E-state index contributed by atoms with van der Waals surface area (Å²) in [5.41, 5.74) is 7.14. The van der Waals surface area contributed by atoms with Gasteiger partial charge in [0.2, 0.25) is 0 Å². The van der Waals surface area contributed by atoms with Crippen LogP contribution in [-0.2, 0) is 5.41 Å². The van der Waals surface area contributed by atoms with Crippen molar-refractivity contribution >= 4 is 40.8 Å². The monoisotopic (exact) mass is 326 g/mol. The van der Waals surface area contributed by atoms with E-state index in [0.717, 1.165) is 4.90 Å². The Bertz CT molecular complexity index is 619. The molecule has 2 aromatic rings. The number of halogens is 2. The van der Waals surface area contributed by atoms with Gasteiger partial charge in [-0.15, -0.1) is 0 Å². The first kappa shape index (κ1) is 15.5. The molecule has 0 saturated heterocycles. The van der Waals surface area contributed by atoms with Gasteiger partial charge in [0, 0.05) is 4.90 Å². The summed E-state index contributed by atoms with van der Waals surface area (Å²) in [6, 6.07) is 9.99. The van der Waals surface area contributed by atoms with Crippen molar-refractivity contribution in [2.24, 2.45) is 0 Å². The van der Waals surface area contributed by atoms with E-state index in [1.807, 2.05) is 0 Å². The van der Waals surface area contributed by atoms with Crippen LogP contribution in [0.3, 0.4) is 0 Å². The van der Waals surface area contributed by atoms with E-state index in [1.54, 1.807) is 6.07 Å². The maximum atomic E-state index is 6.13. The van der Waals surface area contributed by atoms with Gasteiger partial charge in [-0.2, -0.15) is 0 Å². The van der Waals surface area contributed by atoms with Crippen molar-refractivity contribution in [3.05, 3.63) is 45.9 Å². The van der Waals surface area contributed by atoms with Crippen LogP contribution in [0.5, 0.6) is 0 Å². The van der Waals surface area contributed by atoms with E-state index in [9.17, 15) is 0 Å². The minimum Gasteiger partial charge on any atom is -0.382 e. The lowest BCUT2D eigenvalue weighted by Crippen LogP contribution is -2.10. The van der Waals surface area contributed by atoms with Crippen LogP contribution in [0.15, 0.2) is 40.3 Å². The van der Waals surface area contributed by atoms with E-state index in [4.69, 9.17) is 28.9 Å². The topological polar surface area (TPSA) is 38.9 Å². The minimum atomic E-state index is 0.143. The Balaban J connectivity index is 2.25. The zero-order valence-corrected chi connectivity index (χ0v) is 13.9. The number of aromatic nitrogens is 1. The lowest BCUT2D eigenvalue weighted by atomic mass is 9.87. The van der Waals surface area contributed by atoms with E-state index in [0.29, 0.717) is 20.9 Å². The van der Waals surface area contributed by atoms with Crippen LogP contribution in [0.1, 0.15) is 26.3 Å². The van der Waals surface area contributed by atoms with Crippen molar-refractivity contribution in [1.29, 1.82) is 0 Å². The first-order valence-corrected chi connectivity index (χ1v) is 7.74. The lowest BCUT2D eigenvalue weighted by molar-refractivity contribution is 0.590. The molecule has 0 fully saturated rings. The van der Waals surface area contributed by atoms with Crippen LogP contribution in [0, 0.1) is 0 Å². The molecule has 0 aliphatic rings. The number of anilines is 1. The van der Waals surface area contributed by atoms with Gasteiger partial charge in [0.15, 0.2) is 0 Å². The molecule has 1 aromatic heterocycles. The average Bonchev–Trinajstić information content (AvgIpc) is 2.35. The van der Waals surface area contributed by atoms with E-state index in [1.165, 1.54) is 17.3 Å². The largest absolute Gasteiger partial charge is 0.382 e. The van der Waals surface area contributed by atoms with E-state index in [-0.39, 0.29) is 5.41 Å². The van der Waals surface area contributed by atoms with Crippen molar-refractivity contribution < 1.29 is 0 Å². The predicted octanol–water partition coefficient (Wildman–Crippen LogP) is 5.42. The summed E-state index contributed by atoms with van der Waals surface area (Å²) in [5.74, 6) is 0.296. The molecule has 5 heteroatoms. The number of pyridine rings is 1. The van der Waals surface area contributed by atoms with Gasteiger partial charge in [-0.05, 0) is 29.2 Å². The highest BCUT2D eigenvalue weighted by Gasteiger charge is 2.14. The fourth-order valence-corrected chi connectivity index (χ4v) is 2.94. The molecule has 0 bridgehead atoms. The summed E-state index contributed by atoms with van der Waals surface area (Å²) >= 11 is 13.5. The normalized spacial score (nSPS) is 11.7. The number of rotatable bonds is 2. The van der Waals surface area contributed by atoms with Gasteiger partial charge in [-0.1, -0.05) is 67.9 Å². The summed E-state index contributed by atoms with van der Waals surface area (Å²) in [6.07, 6.45) is 0. The number of benzene rings is 1. The molecule has 0 atom stereocenters.